The Balaban J connectivity index is 1.55. The first-order chi connectivity index (χ1) is 12.7. The summed E-state index contributed by atoms with van der Waals surface area (Å²) in [6.45, 7) is 5.99. The van der Waals surface area contributed by atoms with Gasteiger partial charge in [0.25, 0.3) is 0 Å². The Morgan fingerprint density at radius 1 is 1.19 bits per heavy atom. The first-order valence-electron chi connectivity index (χ1n) is 8.52. The van der Waals surface area contributed by atoms with Crippen LogP contribution in [0.5, 0.6) is 0 Å². The van der Waals surface area contributed by atoms with Gasteiger partial charge in [0.2, 0.25) is 5.89 Å². The van der Waals surface area contributed by atoms with Crippen molar-refractivity contribution >= 4 is 5.96 Å². The quantitative estimate of drug-likeness (QED) is 0.521. The topological polar surface area (TPSA) is 93.2 Å². The third-order valence-corrected chi connectivity index (χ3v) is 3.96. The van der Waals surface area contributed by atoms with Gasteiger partial charge in [-0.05, 0) is 26.0 Å². The molecule has 0 amide bonds. The molecule has 0 bridgehead atoms. The van der Waals surface area contributed by atoms with Crippen molar-refractivity contribution in [1.29, 1.82) is 0 Å². The van der Waals surface area contributed by atoms with Crippen molar-refractivity contribution in [3.8, 4) is 11.5 Å². The zero-order valence-electron chi connectivity index (χ0n) is 15.2. The van der Waals surface area contributed by atoms with Crippen LogP contribution in [0.25, 0.3) is 11.5 Å². The highest BCUT2D eigenvalue weighted by Crippen LogP contribution is 2.18. The van der Waals surface area contributed by atoms with Crippen molar-refractivity contribution < 1.29 is 4.42 Å². The Morgan fingerprint density at radius 3 is 2.69 bits per heavy atom. The summed E-state index contributed by atoms with van der Waals surface area (Å²) in [5.74, 6) is 2.13. The molecule has 0 radical (unpaired) electrons. The lowest BCUT2D eigenvalue weighted by Crippen LogP contribution is -2.37. The van der Waals surface area contributed by atoms with E-state index in [9.17, 15) is 0 Å². The molecule has 0 atom stereocenters. The van der Waals surface area contributed by atoms with Crippen LogP contribution in [-0.2, 0) is 19.6 Å². The molecular formula is C18H23N7O. The summed E-state index contributed by atoms with van der Waals surface area (Å²) in [6, 6.07) is 8.09. The normalized spacial score (nSPS) is 11.6. The van der Waals surface area contributed by atoms with Crippen LogP contribution < -0.4 is 10.6 Å². The molecular weight excluding hydrogens is 330 g/mol. The SMILES string of the molecule is CCn1cnnc1CNC(=NC)NCc1coc(-c2ccc(C)cc2)n1. The van der Waals surface area contributed by atoms with Crippen molar-refractivity contribution in [3.63, 3.8) is 0 Å². The molecule has 0 unspecified atom stereocenters. The Hall–Kier alpha value is -3.16. The molecule has 3 rings (SSSR count). The second-order valence-corrected chi connectivity index (χ2v) is 5.82. The predicted octanol–water partition coefficient (Wildman–Crippen LogP) is 2.13. The van der Waals surface area contributed by atoms with Crippen LogP contribution >= 0.6 is 0 Å². The number of aryl methyl sites for hydroxylation is 2. The minimum absolute atomic E-state index is 0.509. The maximum absolute atomic E-state index is 5.57. The highest BCUT2D eigenvalue weighted by Gasteiger charge is 2.08. The van der Waals surface area contributed by atoms with Crippen LogP contribution in [0, 0.1) is 6.92 Å². The number of rotatable bonds is 6. The van der Waals surface area contributed by atoms with E-state index in [1.165, 1.54) is 5.56 Å². The number of benzene rings is 1. The monoisotopic (exact) mass is 353 g/mol. The molecule has 0 saturated carbocycles. The lowest BCUT2D eigenvalue weighted by Gasteiger charge is -2.10. The van der Waals surface area contributed by atoms with E-state index >= 15 is 0 Å². The number of aliphatic imine (C=N–C) groups is 1. The maximum Gasteiger partial charge on any atom is 0.226 e. The molecule has 0 aliphatic heterocycles. The lowest BCUT2D eigenvalue weighted by atomic mass is 10.1. The summed E-state index contributed by atoms with van der Waals surface area (Å²) in [6.07, 6.45) is 3.37. The van der Waals surface area contributed by atoms with E-state index in [1.807, 2.05) is 28.8 Å². The van der Waals surface area contributed by atoms with Crippen molar-refractivity contribution in [2.45, 2.75) is 33.5 Å². The molecule has 3 aromatic rings. The molecule has 1 aromatic carbocycles. The summed E-state index contributed by atoms with van der Waals surface area (Å²) in [5.41, 5.74) is 2.97. The van der Waals surface area contributed by atoms with E-state index in [1.54, 1.807) is 19.6 Å². The average molecular weight is 353 g/mol. The van der Waals surface area contributed by atoms with Crippen LogP contribution in [0.2, 0.25) is 0 Å². The van der Waals surface area contributed by atoms with Gasteiger partial charge in [-0.15, -0.1) is 10.2 Å². The van der Waals surface area contributed by atoms with Crippen LogP contribution in [-0.4, -0.2) is 32.8 Å². The van der Waals surface area contributed by atoms with Crippen LogP contribution in [0.1, 0.15) is 24.0 Å². The minimum Gasteiger partial charge on any atom is -0.444 e. The van der Waals surface area contributed by atoms with Gasteiger partial charge >= 0.3 is 0 Å². The fraction of sp³-hybridized carbons (Fsp3) is 0.333. The molecule has 0 aliphatic carbocycles. The molecule has 2 N–H and O–H groups in total. The first-order valence-corrected chi connectivity index (χ1v) is 8.52. The second kappa shape index (κ2) is 8.28. The Kier molecular flexibility index (Phi) is 5.62. The third-order valence-electron chi connectivity index (χ3n) is 3.96. The zero-order valence-corrected chi connectivity index (χ0v) is 15.2. The van der Waals surface area contributed by atoms with Crippen molar-refractivity contribution in [3.05, 3.63) is 53.9 Å². The van der Waals surface area contributed by atoms with Crippen LogP contribution in [0.4, 0.5) is 0 Å². The highest BCUT2D eigenvalue weighted by atomic mass is 16.3. The van der Waals surface area contributed by atoms with Gasteiger partial charge in [-0.2, -0.15) is 0 Å². The van der Waals surface area contributed by atoms with E-state index in [2.05, 4.69) is 44.7 Å². The molecule has 136 valence electrons. The van der Waals surface area contributed by atoms with Crippen LogP contribution in [0.3, 0.4) is 0 Å². The maximum atomic E-state index is 5.57. The van der Waals surface area contributed by atoms with E-state index in [-0.39, 0.29) is 0 Å². The summed E-state index contributed by atoms with van der Waals surface area (Å²) in [5, 5.41) is 14.4. The first kappa shape index (κ1) is 17.7. The minimum atomic E-state index is 0.509. The Morgan fingerprint density at radius 2 is 1.96 bits per heavy atom. The second-order valence-electron chi connectivity index (χ2n) is 5.82. The van der Waals surface area contributed by atoms with E-state index in [0.717, 1.165) is 23.6 Å². The molecule has 2 aromatic heterocycles. The molecule has 0 aliphatic rings. The highest BCUT2D eigenvalue weighted by molar-refractivity contribution is 5.79. The number of oxazole rings is 1. The standard InChI is InChI=1S/C18H23N7O/c1-4-25-12-22-24-16(25)10-21-18(19-3)20-9-15-11-26-17(23-15)14-7-5-13(2)6-8-14/h5-8,11-12H,4,9-10H2,1-3H3,(H2,19,20,21). The zero-order chi connectivity index (χ0) is 18.4. The Bertz CT molecular complexity index is 864. The molecule has 0 spiro atoms. The van der Waals surface area contributed by atoms with Gasteiger partial charge in [0, 0.05) is 19.2 Å². The van der Waals surface area contributed by atoms with E-state index < -0.39 is 0 Å². The number of nitrogens with zero attached hydrogens (tertiary/aromatic N) is 5. The van der Waals surface area contributed by atoms with Gasteiger partial charge < -0.3 is 19.6 Å². The lowest BCUT2D eigenvalue weighted by molar-refractivity contribution is 0.572. The van der Waals surface area contributed by atoms with Crippen molar-refractivity contribution in [2.75, 3.05) is 7.05 Å². The molecule has 8 heteroatoms. The molecule has 0 saturated heterocycles. The van der Waals surface area contributed by atoms with Crippen molar-refractivity contribution in [1.82, 2.24) is 30.4 Å². The summed E-state index contributed by atoms with van der Waals surface area (Å²) < 4.78 is 7.55. The smallest absolute Gasteiger partial charge is 0.226 e. The van der Waals surface area contributed by atoms with Crippen LogP contribution in [0.15, 0.2) is 46.3 Å². The average Bonchev–Trinajstić information content (AvgIpc) is 3.31. The summed E-state index contributed by atoms with van der Waals surface area (Å²) in [7, 11) is 1.72. The number of hydrogen-bond donors (Lipinski definition) is 2. The van der Waals surface area contributed by atoms with Gasteiger partial charge in [0.15, 0.2) is 11.8 Å². The third kappa shape index (κ3) is 4.27. The van der Waals surface area contributed by atoms with Gasteiger partial charge in [0.1, 0.15) is 12.6 Å². The van der Waals surface area contributed by atoms with Gasteiger partial charge in [-0.3, -0.25) is 4.99 Å². The number of nitrogens with one attached hydrogen (secondary N) is 2. The summed E-state index contributed by atoms with van der Waals surface area (Å²) in [4.78, 5) is 8.73. The summed E-state index contributed by atoms with van der Waals surface area (Å²) >= 11 is 0. The Labute approximate surface area is 152 Å². The molecule has 0 fully saturated rings. The van der Waals surface area contributed by atoms with E-state index in [4.69, 9.17) is 4.42 Å². The fourth-order valence-corrected chi connectivity index (χ4v) is 2.45. The number of hydrogen-bond acceptors (Lipinski definition) is 5. The van der Waals surface area contributed by atoms with Gasteiger partial charge in [-0.1, -0.05) is 17.7 Å². The molecule has 8 nitrogen and oxygen atoms in total. The number of aromatic nitrogens is 4. The van der Waals surface area contributed by atoms with E-state index in [0.29, 0.717) is 24.9 Å². The largest absolute Gasteiger partial charge is 0.444 e. The van der Waals surface area contributed by atoms with Gasteiger partial charge in [-0.25, -0.2) is 4.98 Å². The molecule has 26 heavy (non-hydrogen) atoms. The fourth-order valence-electron chi connectivity index (χ4n) is 2.45. The van der Waals surface area contributed by atoms with Crippen molar-refractivity contribution in [2.24, 2.45) is 4.99 Å². The number of guanidine groups is 1. The molecule has 2 heterocycles. The van der Waals surface area contributed by atoms with Gasteiger partial charge in [0.05, 0.1) is 18.8 Å². The predicted molar refractivity (Wildman–Crippen MR) is 99.4 cm³/mol.